The first kappa shape index (κ1) is 20.7. The van der Waals surface area contributed by atoms with Crippen LogP contribution in [0.25, 0.3) is 22.8 Å². The standard InChI is InChI=1S/C24H18N4OS2/c1-3-28-23(29)21(31-24(28)18(14-25)15-26)11-12-22-27(2)19-13-17(9-10-20(19)30-22)16-7-5-4-6-8-16/h4-13H,3H2,1-2H3/b21-11+,22-12-. The predicted octanol–water partition coefficient (Wildman–Crippen LogP) is 3.66. The zero-order chi connectivity index (χ0) is 22.0. The summed E-state index contributed by atoms with van der Waals surface area (Å²) >= 11 is 2.82. The molecule has 0 unspecified atom stereocenters. The number of allylic oxidation sites excluding steroid dienone is 1. The Hall–Kier alpha value is -3.52. The Kier molecular flexibility index (Phi) is 5.81. The lowest BCUT2D eigenvalue weighted by atomic mass is 10.1. The fourth-order valence-corrected chi connectivity index (χ4v) is 5.49. The summed E-state index contributed by atoms with van der Waals surface area (Å²) in [5, 5.41) is 19.4. The lowest BCUT2D eigenvalue weighted by Crippen LogP contribution is -2.31. The molecule has 4 rings (SSSR count). The molecule has 0 radical (unpaired) electrons. The van der Waals surface area contributed by atoms with Crippen LogP contribution in [0, 0.1) is 22.7 Å². The molecule has 0 N–H and O–H groups in total. The normalized spacial score (nSPS) is 14.4. The highest BCUT2D eigenvalue weighted by molar-refractivity contribution is 8.03. The van der Waals surface area contributed by atoms with E-state index in [9.17, 15) is 15.3 Å². The number of hydrogen-bond acceptors (Lipinski definition) is 6. The van der Waals surface area contributed by atoms with Crippen molar-refractivity contribution in [2.45, 2.75) is 18.4 Å². The van der Waals surface area contributed by atoms with Gasteiger partial charge in [0.1, 0.15) is 16.8 Å². The van der Waals surface area contributed by atoms with Crippen LogP contribution < -0.4 is 19.7 Å². The second kappa shape index (κ2) is 8.69. The van der Waals surface area contributed by atoms with Gasteiger partial charge in [-0.15, -0.1) is 11.3 Å². The van der Waals surface area contributed by atoms with E-state index in [0.717, 1.165) is 21.2 Å². The Balaban J connectivity index is 1.74. The lowest BCUT2D eigenvalue weighted by molar-refractivity contribution is 0.722. The smallest absolute Gasteiger partial charge is 0.269 e. The van der Waals surface area contributed by atoms with Gasteiger partial charge in [-0.2, -0.15) is 10.5 Å². The van der Waals surface area contributed by atoms with Gasteiger partial charge in [-0.3, -0.25) is 9.36 Å². The maximum Gasteiger partial charge on any atom is 0.269 e. The molecule has 0 bridgehead atoms. The van der Waals surface area contributed by atoms with Crippen molar-refractivity contribution in [2.75, 3.05) is 11.9 Å². The number of fused-ring (bicyclic) bond motifs is 1. The van der Waals surface area contributed by atoms with Gasteiger partial charge in [-0.1, -0.05) is 48.2 Å². The van der Waals surface area contributed by atoms with E-state index in [1.165, 1.54) is 21.5 Å². The van der Waals surface area contributed by atoms with Crippen molar-refractivity contribution in [1.82, 2.24) is 4.57 Å². The number of anilines is 1. The number of hydrogen-bond donors (Lipinski definition) is 0. The zero-order valence-corrected chi connectivity index (χ0v) is 18.6. The van der Waals surface area contributed by atoms with Crippen LogP contribution in [-0.4, -0.2) is 11.6 Å². The molecule has 3 aromatic rings. The number of nitrogens with zero attached hydrogens (tertiary/aromatic N) is 4. The van der Waals surface area contributed by atoms with Gasteiger partial charge in [0.25, 0.3) is 5.56 Å². The van der Waals surface area contributed by atoms with Gasteiger partial charge in [0.2, 0.25) is 0 Å². The summed E-state index contributed by atoms with van der Waals surface area (Å²) in [6, 6.07) is 20.4. The van der Waals surface area contributed by atoms with Crippen LogP contribution in [0.15, 0.2) is 69.3 Å². The molecular formula is C24H18N4OS2. The van der Waals surface area contributed by atoms with Crippen LogP contribution in [0.5, 0.6) is 0 Å². The van der Waals surface area contributed by atoms with Gasteiger partial charge < -0.3 is 4.90 Å². The monoisotopic (exact) mass is 442 g/mol. The van der Waals surface area contributed by atoms with E-state index in [4.69, 9.17) is 0 Å². The topological polar surface area (TPSA) is 72.8 Å². The molecule has 0 saturated carbocycles. The first-order chi connectivity index (χ1) is 15.1. The molecule has 0 saturated heterocycles. The van der Waals surface area contributed by atoms with E-state index in [-0.39, 0.29) is 11.1 Å². The summed E-state index contributed by atoms with van der Waals surface area (Å²) in [6.07, 6.45) is 3.69. The highest BCUT2D eigenvalue weighted by atomic mass is 32.2. The molecule has 1 aliphatic rings. The molecule has 31 heavy (non-hydrogen) atoms. The van der Waals surface area contributed by atoms with Crippen molar-refractivity contribution in [2.24, 2.45) is 0 Å². The van der Waals surface area contributed by atoms with Crippen LogP contribution >= 0.6 is 23.1 Å². The molecule has 0 fully saturated rings. The third kappa shape index (κ3) is 3.82. The molecule has 1 aliphatic heterocycles. The summed E-state index contributed by atoms with van der Waals surface area (Å²) in [6.45, 7) is 2.23. The fourth-order valence-electron chi connectivity index (χ4n) is 3.40. The minimum Gasteiger partial charge on any atom is -0.338 e. The van der Waals surface area contributed by atoms with Crippen LogP contribution in [0.2, 0.25) is 0 Å². The van der Waals surface area contributed by atoms with Gasteiger partial charge in [0, 0.05) is 18.5 Å². The fraction of sp³-hybridized carbons (Fsp3) is 0.125. The Labute approximate surface area is 188 Å². The summed E-state index contributed by atoms with van der Waals surface area (Å²) in [7, 11) is 2.01. The SMILES string of the molecule is CCn1c(=C(C#N)C#N)s/c(=C/C=C2\Sc3ccc(-c4ccccc4)cc3N2C)c1=O. The van der Waals surface area contributed by atoms with Gasteiger partial charge in [0.05, 0.1) is 15.2 Å². The van der Waals surface area contributed by atoms with E-state index >= 15 is 0 Å². The van der Waals surface area contributed by atoms with Crippen molar-refractivity contribution in [3.63, 3.8) is 0 Å². The average Bonchev–Trinajstić information content (AvgIpc) is 3.29. The molecule has 0 spiro atoms. The minimum atomic E-state index is -0.183. The summed E-state index contributed by atoms with van der Waals surface area (Å²) < 4.78 is 2.39. The quantitative estimate of drug-likeness (QED) is 0.619. The van der Waals surface area contributed by atoms with E-state index in [0.29, 0.717) is 15.7 Å². The molecular weight excluding hydrogens is 424 g/mol. The predicted molar refractivity (Wildman–Crippen MR) is 127 cm³/mol. The Bertz CT molecular complexity index is 1430. The van der Waals surface area contributed by atoms with Gasteiger partial charge in [-0.05, 0) is 42.3 Å². The lowest BCUT2D eigenvalue weighted by Gasteiger charge is -2.14. The van der Waals surface area contributed by atoms with E-state index in [1.54, 1.807) is 17.8 Å². The van der Waals surface area contributed by atoms with Crippen molar-refractivity contribution in [3.8, 4) is 23.3 Å². The van der Waals surface area contributed by atoms with E-state index < -0.39 is 0 Å². The molecule has 2 heterocycles. The van der Waals surface area contributed by atoms with Gasteiger partial charge >= 0.3 is 0 Å². The summed E-state index contributed by atoms with van der Waals surface area (Å²) in [5.74, 6) is 0. The van der Waals surface area contributed by atoms with Gasteiger partial charge in [0.15, 0.2) is 5.57 Å². The molecule has 2 aromatic carbocycles. The van der Waals surface area contributed by atoms with Crippen molar-refractivity contribution in [1.29, 1.82) is 10.5 Å². The minimum absolute atomic E-state index is 0.0375. The Morgan fingerprint density at radius 3 is 2.48 bits per heavy atom. The molecule has 0 amide bonds. The highest BCUT2D eigenvalue weighted by Crippen LogP contribution is 2.46. The molecule has 1 aromatic heterocycles. The maximum absolute atomic E-state index is 12.7. The summed E-state index contributed by atoms with van der Waals surface area (Å²) in [4.78, 5) is 16.0. The van der Waals surface area contributed by atoms with Crippen LogP contribution in [0.1, 0.15) is 6.92 Å². The van der Waals surface area contributed by atoms with Crippen molar-refractivity contribution >= 4 is 40.4 Å². The number of benzene rings is 2. The van der Waals surface area contributed by atoms with Crippen LogP contribution in [-0.2, 0) is 6.54 Å². The average molecular weight is 443 g/mol. The van der Waals surface area contributed by atoms with Crippen LogP contribution in [0.3, 0.4) is 0 Å². The molecule has 7 heteroatoms. The van der Waals surface area contributed by atoms with Crippen LogP contribution in [0.4, 0.5) is 5.69 Å². The second-order valence-corrected chi connectivity index (χ2v) is 8.89. The van der Waals surface area contributed by atoms with Crippen molar-refractivity contribution in [3.05, 3.63) is 79.2 Å². The van der Waals surface area contributed by atoms with Gasteiger partial charge in [-0.25, -0.2) is 0 Å². The zero-order valence-electron chi connectivity index (χ0n) is 17.0. The largest absolute Gasteiger partial charge is 0.338 e. The number of rotatable bonds is 3. The highest BCUT2D eigenvalue weighted by Gasteiger charge is 2.22. The molecule has 5 nitrogen and oxygen atoms in total. The third-order valence-corrected chi connectivity index (χ3v) is 7.34. The molecule has 152 valence electrons. The second-order valence-electron chi connectivity index (χ2n) is 6.80. The molecule has 0 atom stereocenters. The Morgan fingerprint density at radius 1 is 1.06 bits per heavy atom. The number of thioether (sulfide) groups is 1. The van der Waals surface area contributed by atoms with E-state index in [1.807, 2.05) is 50.4 Å². The first-order valence-electron chi connectivity index (χ1n) is 9.64. The first-order valence-corrected chi connectivity index (χ1v) is 11.3. The number of nitriles is 2. The Morgan fingerprint density at radius 2 is 1.81 bits per heavy atom. The third-order valence-electron chi connectivity index (χ3n) is 5.01. The maximum atomic E-state index is 12.7. The number of thiazole rings is 1. The number of aromatic nitrogens is 1. The summed E-state index contributed by atoms with van der Waals surface area (Å²) in [5.41, 5.74) is 3.22. The van der Waals surface area contributed by atoms with Crippen molar-refractivity contribution < 1.29 is 0 Å². The molecule has 0 aliphatic carbocycles. The van der Waals surface area contributed by atoms with E-state index in [2.05, 4.69) is 35.2 Å².